The van der Waals surface area contributed by atoms with Gasteiger partial charge in [-0.2, -0.15) is 5.10 Å². The minimum Gasteiger partial charge on any atom is -0.481 e. The predicted molar refractivity (Wildman–Crippen MR) is 92.8 cm³/mol. The molecule has 23 heavy (non-hydrogen) atoms. The van der Waals surface area contributed by atoms with Crippen LogP contribution >= 0.6 is 0 Å². The van der Waals surface area contributed by atoms with Crippen LogP contribution in [0.5, 0.6) is 5.88 Å². The first-order valence-electron chi connectivity index (χ1n) is 7.86. The van der Waals surface area contributed by atoms with Crippen LogP contribution in [-0.2, 0) is 20.1 Å². The number of methoxy groups -OCH3 is 1. The molecular formula is C18H24N4O. The molecule has 5 nitrogen and oxygen atoms in total. The van der Waals surface area contributed by atoms with Crippen LogP contribution in [0.4, 0.5) is 0 Å². The number of aromatic nitrogens is 3. The molecule has 5 heteroatoms. The molecular weight excluding hydrogens is 288 g/mol. The van der Waals surface area contributed by atoms with Gasteiger partial charge in [0.1, 0.15) is 0 Å². The van der Waals surface area contributed by atoms with E-state index < -0.39 is 0 Å². The zero-order valence-corrected chi connectivity index (χ0v) is 14.4. The molecule has 0 aliphatic rings. The molecule has 0 unspecified atom stereocenters. The van der Waals surface area contributed by atoms with Crippen LogP contribution in [0.1, 0.15) is 28.1 Å². The van der Waals surface area contributed by atoms with E-state index >= 15 is 0 Å². The number of ether oxygens (including phenoxy) is 1. The van der Waals surface area contributed by atoms with Crippen LogP contribution < -0.4 is 10.1 Å². The summed E-state index contributed by atoms with van der Waals surface area (Å²) in [7, 11) is 3.59. The molecule has 2 aromatic heterocycles. The topological polar surface area (TPSA) is 54.9 Å². The number of fused-ring (bicyclic) bond motifs is 1. The Hall–Kier alpha value is -2.27. The van der Waals surface area contributed by atoms with Gasteiger partial charge in [-0.15, -0.1) is 0 Å². The molecule has 0 bridgehead atoms. The third-order valence-electron chi connectivity index (χ3n) is 4.49. The maximum atomic E-state index is 5.43. The lowest BCUT2D eigenvalue weighted by Crippen LogP contribution is -2.13. The molecule has 2 heterocycles. The van der Waals surface area contributed by atoms with Crippen LogP contribution in [0.3, 0.4) is 0 Å². The quantitative estimate of drug-likeness (QED) is 0.761. The number of nitrogens with zero attached hydrogens (tertiary/aromatic N) is 2. The summed E-state index contributed by atoms with van der Waals surface area (Å²) in [6, 6.07) is 6.58. The Morgan fingerprint density at radius 2 is 2.00 bits per heavy atom. The number of aromatic amines is 1. The largest absolute Gasteiger partial charge is 0.481 e. The van der Waals surface area contributed by atoms with E-state index in [4.69, 9.17) is 4.74 Å². The molecule has 122 valence electrons. The number of hydrogen-bond donors (Lipinski definition) is 2. The van der Waals surface area contributed by atoms with Gasteiger partial charge in [-0.1, -0.05) is 6.07 Å². The Bertz CT molecular complexity index is 844. The molecule has 0 radical (unpaired) electrons. The van der Waals surface area contributed by atoms with E-state index in [1.54, 1.807) is 11.8 Å². The van der Waals surface area contributed by atoms with Crippen molar-refractivity contribution in [2.75, 3.05) is 7.11 Å². The summed E-state index contributed by atoms with van der Waals surface area (Å²) in [5, 5.41) is 9.21. The number of rotatable bonds is 5. The molecule has 2 N–H and O–H groups in total. The third-order valence-corrected chi connectivity index (χ3v) is 4.49. The summed E-state index contributed by atoms with van der Waals surface area (Å²) in [6.45, 7) is 7.85. The normalized spacial score (nSPS) is 11.3. The van der Waals surface area contributed by atoms with Crippen molar-refractivity contribution < 1.29 is 4.74 Å². The molecule has 0 fully saturated rings. The van der Waals surface area contributed by atoms with Gasteiger partial charge in [-0.3, -0.25) is 0 Å². The smallest absolute Gasteiger partial charge is 0.216 e. The van der Waals surface area contributed by atoms with Gasteiger partial charge in [-0.05, 0) is 44.0 Å². The molecule has 0 saturated carbocycles. The number of benzene rings is 1. The SMILES string of the molecule is COc1c(CNCc2ccc3[nH]c(C)c(C)c3c2)c(C)nn1C. The van der Waals surface area contributed by atoms with E-state index in [1.165, 1.54) is 27.7 Å². The molecule has 0 atom stereocenters. The van der Waals surface area contributed by atoms with Gasteiger partial charge in [0.25, 0.3) is 0 Å². The van der Waals surface area contributed by atoms with Gasteiger partial charge in [-0.25, -0.2) is 4.68 Å². The average Bonchev–Trinajstić information content (AvgIpc) is 2.96. The summed E-state index contributed by atoms with van der Waals surface area (Å²) >= 11 is 0. The van der Waals surface area contributed by atoms with Crippen molar-refractivity contribution >= 4 is 10.9 Å². The second-order valence-electron chi connectivity index (χ2n) is 6.06. The molecule has 3 rings (SSSR count). The highest BCUT2D eigenvalue weighted by molar-refractivity contribution is 5.84. The van der Waals surface area contributed by atoms with Gasteiger partial charge in [0.15, 0.2) is 0 Å². The fraction of sp³-hybridized carbons (Fsp3) is 0.389. The van der Waals surface area contributed by atoms with Gasteiger partial charge < -0.3 is 15.0 Å². The first-order chi connectivity index (χ1) is 11.0. The Balaban J connectivity index is 1.73. The van der Waals surface area contributed by atoms with Crippen molar-refractivity contribution in [1.82, 2.24) is 20.1 Å². The predicted octanol–water partition coefficient (Wildman–Crippen LogP) is 3.13. The Labute approximate surface area is 136 Å². The molecule has 0 amide bonds. The Morgan fingerprint density at radius 3 is 2.74 bits per heavy atom. The van der Waals surface area contributed by atoms with E-state index in [0.29, 0.717) is 0 Å². The van der Waals surface area contributed by atoms with E-state index in [-0.39, 0.29) is 0 Å². The molecule has 0 spiro atoms. The Morgan fingerprint density at radius 1 is 1.22 bits per heavy atom. The van der Waals surface area contributed by atoms with Crippen LogP contribution in [0.25, 0.3) is 10.9 Å². The summed E-state index contributed by atoms with van der Waals surface area (Å²) in [5.41, 5.74) is 7.16. The number of H-pyrrole nitrogens is 1. The highest BCUT2D eigenvalue weighted by Gasteiger charge is 2.13. The molecule has 0 saturated heterocycles. The van der Waals surface area contributed by atoms with Gasteiger partial charge in [0.05, 0.1) is 18.4 Å². The zero-order valence-electron chi connectivity index (χ0n) is 14.4. The molecule has 3 aromatic rings. The average molecular weight is 312 g/mol. The summed E-state index contributed by atoms with van der Waals surface area (Å²) < 4.78 is 7.21. The van der Waals surface area contributed by atoms with Crippen LogP contribution in [0.2, 0.25) is 0 Å². The first-order valence-corrected chi connectivity index (χ1v) is 7.86. The van der Waals surface area contributed by atoms with Crippen molar-refractivity contribution in [2.24, 2.45) is 7.05 Å². The highest BCUT2D eigenvalue weighted by Crippen LogP contribution is 2.23. The fourth-order valence-corrected chi connectivity index (χ4v) is 3.09. The van der Waals surface area contributed by atoms with Gasteiger partial charge >= 0.3 is 0 Å². The summed E-state index contributed by atoms with van der Waals surface area (Å²) in [5.74, 6) is 0.822. The molecule has 0 aliphatic heterocycles. The van der Waals surface area contributed by atoms with E-state index in [2.05, 4.69) is 47.4 Å². The maximum absolute atomic E-state index is 5.43. The standard InChI is InChI=1S/C18H24N4O/c1-11-12(2)20-17-7-6-14(8-15(11)17)9-19-10-16-13(3)21-22(4)18(16)23-5/h6-8,19-20H,9-10H2,1-5H3. The minimum atomic E-state index is 0.742. The van der Waals surface area contributed by atoms with Crippen molar-refractivity contribution in [2.45, 2.75) is 33.9 Å². The first kappa shape index (κ1) is 15.6. The van der Waals surface area contributed by atoms with Crippen molar-refractivity contribution in [3.05, 3.63) is 46.3 Å². The van der Waals surface area contributed by atoms with Gasteiger partial charge in [0.2, 0.25) is 5.88 Å². The Kier molecular flexibility index (Phi) is 4.13. The van der Waals surface area contributed by atoms with E-state index in [0.717, 1.165) is 30.2 Å². The molecule has 1 aromatic carbocycles. The number of hydrogen-bond acceptors (Lipinski definition) is 3. The fourth-order valence-electron chi connectivity index (χ4n) is 3.09. The number of nitrogens with one attached hydrogen (secondary N) is 2. The van der Waals surface area contributed by atoms with Crippen molar-refractivity contribution in [3.63, 3.8) is 0 Å². The lowest BCUT2D eigenvalue weighted by atomic mass is 10.1. The summed E-state index contributed by atoms with van der Waals surface area (Å²) in [6.07, 6.45) is 0. The number of aryl methyl sites for hydroxylation is 4. The summed E-state index contributed by atoms with van der Waals surface area (Å²) in [4.78, 5) is 3.41. The zero-order chi connectivity index (χ0) is 16.6. The second-order valence-corrected chi connectivity index (χ2v) is 6.06. The lowest BCUT2D eigenvalue weighted by molar-refractivity contribution is 0.368. The van der Waals surface area contributed by atoms with Gasteiger partial charge in [0, 0.05) is 36.7 Å². The van der Waals surface area contributed by atoms with Crippen molar-refractivity contribution in [3.8, 4) is 5.88 Å². The molecule has 0 aliphatic carbocycles. The maximum Gasteiger partial charge on any atom is 0.216 e. The van der Waals surface area contributed by atoms with Crippen LogP contribution in [-0.4, -0.2) is 21.9 Å². The van der Waals surface area contributed by atoms with E-state index in [1.807, 2.05) is 14.0 Å². The van der Waals surface area contributed by atoms with E-state index in [9.17, 15) is 0 Å². The lowest BCUT2D eigenvalue weighted by Gasteiger charge is -2.07. The third kappa shape index (κ3) is 2.84. The minimum absolute atomic E-state index is 0.742. The van der Waals surface area contributed by atoms with Crippen LogP contribution in [0.15, 0.2) is 18.2 Å². The van der Waals surface area contributed by atoms with Crippen molar-refractivity contribution in [1.29, 1.82) is 0 Å². The second kappa shape index (κ2) is 6.08. The van der Waals surface area contributed by atoms with Crippen LogP contribution in [0, 0.1) is 20.8 Å². The highest BCUT2D eigenvalue weighted by atomic mass is 16.5. The monoisotopic (exact) mass is 312 g/mol.